The van der Waals surface area contributed by atoms with Crippen LogP contribution in [0.1, 0.15) is 41.9 Å². The predicted octanol–water partition coefficient (Wildman–Crippen LogP) is 2.76. The normalized spacial score (nSPS) is 15.4. The zero-order chi connectivity index (χ0) is 20.3. The first kappa shape index (κ1) is 19.7. The Morgan fingerprint density at radius 3 is 2.50 bits per heavy atom. The molecule has 0 aliphatic carbocycles. The predicted molar refractivity (Wildman–Crippen MR) is 95.3 cm³/mol. The smallest absolute Gasteiger partial charge is 0.406 e. The lowest BCUT2D eigenvalue weighted by Gasteiger charge is -2.17. The van der Waals surface area contributed by atoms with Gasteiger partial charge in [-0.05, 0) is 37.5 Å². The Hall–Kier alpha value is -3.04. The fourth-order valence-corrected chi connectivity index (χ4v) is 2.95. The van der Waals surface area contributed by atoms with Crippen LogP contribution in [0.15, 0.2) is 35.1 Å². The zero-order valence-electron chi connectivity index (χ0n) is 15.0. The first-order valence-electron chi connectivity index (χ1n) is 8.74. The molecule has 150 valence electrons. The van der Waals surface area contributed by atoms with Gasteiger partial charge in [0.2, 0.25) is 5.95 Å². The number of nitrogens with zero attached hydrogens (tertiary/aromatic N) is 2. The van der Waals surface area contributed by atoms with Crippen molar-refractivity contribution in [3.63, 3.8) is 0 Å². The summed E-state index contributed by atoms with van der Waals surface area (Å²) in [5, 5.41) is 2.69. The van der Waals surface area contributed by atoms with Crippen LogP contribution in [0.4, 0.5) is 19.1 Å². The number of anilines is 1. The van der Waals surface area contributed by atoms with Gasteiger partial charge in [0, 0.05) is 19.2 Å². The van der Waals surface area contributed by atoms with E-state index in [1.54, 1.807) is 6.92 Å². The minimum absolute atomic E-state index is 0.0190. The molecule has 1 aliphatic heterocycles. The fraction of sp³-hybridized carbons (Fsp3) is 0.389. The van der Waals surface area contributed by atoms with Crippen LogP contribution < -0.4 is 20.5 Å². The average Bonchev–Trinajstić information content (AvgIpc) is 3.15. The topological polar surface area (TPSA) is 87.3 Å². The van der Waals surface area contributed by atoms with Crippen molar-refractivity contribution in [1.82, 2.24) is 15.3 Å². The van der Waals surface area contributed by atoms with E-state index in [9.17, 15) is 22.8 Å². The second-order valence-electron chi connectivity index (χ2n) is 6.46. The number of rotatable bonds is 5. The summed E-state index contributed by atoms with van der Waals surface area (Å²) in [5.74, 6) is -0.535. The monoisotopic (exact) mass is 396 g/mol. The van der Waals surface area contributed by atoms with Crippen LogP contribution >= 0.6 is 0 Å². The van der Waals surface area contributed by atoms with E-state index in [0.29, 0.717) is 11.5 Å². The summed E-state index contributed by atoms with van der Waals surface area (Å²) in [5.41, 5.74) is 0.130. The van der Waals surface area contributed by atoms with Crippen LogP contribution in [-0.4, -0.2) is 35.3 Å². The van der Waals surface area contributed by atoms with Crippen molar-refractivity contribution in [2.24, 2.45) is 0 Å². The van der Waals surface area contributed by atoms with E-state index in [2.05, 4.69) is 20.0 Å². The molecule has 0 spiro atoms. The van der Waals surface area contributed by atoms with Gasteiger partial charge < -0.3 is 15.0 Å². The number of amides is 1. The highest BCUT2D eigenvalue weighted by molar-refractivity contribution is 5.92. The van der Waals surface area contributed by atoms with Crippen LogP contribution in [0.5, 0.6) is 5.75 Å². The number of carbonyl (C=O) groups excluding carboxylic acids is 1. The highest BCUT2D eigenvalue weighted by atomic mass is 19.4. The molecule has 28 heavy (non-hydrogen) atoms. The fourth-order valence-electron chi connectivity index (χ4n) is 2.95. The van der Waals surface area contributed by atoms with Crippen LogP contribution in [-0.2, 0) is 0 Å². The first-order valence-corrected chi connectivity index (χ1v) is 8.74. The van der Waals surface area contributed by atoms with Crippen molar-refractivity contribution in [2.75, 3.05) is 18.0 Å². The Balaban J connectivity index is 1.69. The summed E-state index contributed by atoms with van der Waals surface area (Å²) in [4.78, 5) is 33.1. The lowest BCUT2D eigenvalue weighted by molar-refractivity contribution is -0.274. The molecule has 10 heteroatoms. The molecular formula is C18H19F3N4O3. The molecule has 1 aromatic heterocycles. The van der Waals surface area contributed by atoms with E-state index in [4.69, 9.17) is 0 Å². The Morgan fingerprint density at radius 1 is 1.25 bits per heavy atom. The Kier molecular flexibility index (Phi) is 5.57. The third-order valence-electron chi connectivity index (χ3n) is 4.33. The number of aromatic nitrogens is 2. The number of hydrogen-bond acceptors (Lipinski definition) is 5. The van der Waals surface area contributed by atoms with Gasteiger partial charge in [0.25, 0.3) is 11.5 Å². The Labute approximate surface area is 158 Å². The number of ether oxygens (including phenoxy) is 1. The SMILES string of the molecule is CC(NC(=O)c1cc(=O)[nH]c(N2CCCC2)n1)c1ccc(OC(F)(F)F)cc1. The molecule has 1 amide bonds. The van der Waals surface area contributed by atoms with Crippen LogP contribution in [0.3, 0.4) is 0 Å². The van der Waals surface area contributed by atoms with Gasteiger partial charge in [-0.2, -0.15) is 0 Å². The quantitative estimate of drug-likeness (QED) is 0.812. The lowest BCUT2D eigenvalue weighted by Crippen LogP contribution is -2.31. The molecule has 1 atom stereocenters. The van der Waals surface area contributed by atoms with E-state index in [1.165, 1.54) is 24.3 Å². The highest BCUT2D eigenvalue weighted by Gasteiger charge is 2.31. The molecule has 2 aromatic rings. The summed E-state index contributed by atoms with van der Waals surface area (Å²) < 4.78 is 40.5. The summed E-state index contributed by atoms with van der Waals surface area (Å²) in [6.07, 6.45) is -2.78. The molecule has 2 heterocycles. The maximum Gasteiger partial charge on any atom is 0.573 e. The van der Waals surface area contributed by atoms with Crippen molar-refractivity contribution in [3.8, 4) is 5.75 Å². The van der Waals surface area contributed by atoms with Crippen molar-refractivity contribution < 1.29 is 22.7 Å². The van der Waals surface area contributed by atoms with E-state index in [0.717, 1.165) is 32.0 Å². The van der Waals surface area contributed by atoms with Gasteiger partial charge in [-0.1, -0.05) is 12.1 Å². The minimum Gasteiger partial charge on any atom is -0.406 e. The number of H-pyrrole nitrogens is 1. The molecule has 1 aliphatic rings. The van der Waals surface area contributed by atoms with E-state index >= 15 is 0 Å². The molecule has 7 nitrogen and oxygen atoms in total. The molecule has 0 saturated carbocycles. The standard InChI is InChI=1S/C18H19F3N4O3/c1-11(12-4-6-13(7-5-12)28-18(19,20)21)22-16(27)14-10-15(26)24-17(23-14)25-8-2-3-9-25/h4-7,10-11H,2-3,8-9H2,1H3,(H,22,27)(H,23,24,26). The number of halogens is 3. The maximum atomic E-state index is 12.5. The lowest BCUT2D eigenvalue weighted by atomic mass is 10.1. The van der Waals surface area contributed by atoms with Gasteiger partial charge in [-0.3, -0.25) is 14.6 Å². The summed E-state index contributed by atoms with van der Waals surface area (Å²) in [6.45, 7) is 3.19. The Bertz CT molecular complexity index is 890. The largest absolute Gasteiger partial charge is 0.573 e. The molecule has 1 saturated heterocycles. The van der Waals surface area contributed by atoms with Gasteiger partial charge in [-0.25, -0.2) is 4.98 Å². The number of hydrogen-bond donors (Lipinski definition) is 2. The minimum atomic E-state index is -4.76. The van der Waals surface area contributed by atoms with Crippen molar-refractivity contribution in [2.45, 2.75) is 32.2 Å². The zero-order valence-corrected chi connectivity index (χ0v) is 15.0. The number of nitrogens with one attached hydrogen (secondary N) is 2. The number of benzene rings is 1. The molecule has 1 fully saturated rings. The number of aromatic amines is 1. The van der Waals surface area contributed by atoms with E-state index in [1.807, 2.05) is 4.90 Å². The van der Waals surface area contributed by atoms with Gasteiger partial charge >= 0.3 is 6.36 Å². The second kappa shape index (κ2) is 7.91. The van der Waals surface area contributed by atoms with Crippen LogP contribution in [0.25, 0.3) is 0 Å². The van der Waals surface area contributed by atoms with Gasteiger partial charge in [-0.15, -0.1) is 13.2 Å². The van der Waals surface area contributed by atoms with Crippen molar-refractivity contribution >= 4 is 11.9 Å². The summed E-state index contributed by atoms with van der Waals surface area (Å²) in [6, 6.07) is 5.79. The summed E-state index contributed by atoms with van der Waals surface area (Å²) >= 11 is 0. The van der Waals surface area contributed by atoms with E-state index < -0.39 is 23.9 Å². The van der Waals surface area contributed by atoms with Gasteiger partial charge in [0.1, 0.15) is 11.4 Å². The molecule has 1 aromatic carbocycles. The van der Waals surface area contributed by atoms with E-state index in [-0.39, 0.29) is 11.4 Å². The molecule has 3 rings (SSSR count). The third-order valence-corrected chi connectivity index (χ3v) is 4.33. The highest BCUT2D eigenvalue weighted by Crippen LogP contribution is 2.24. The second-order valence-corrected chi connectivity index (χ2v) is 6.46. The average molecular weight is 396 g/mol. The van der Waals surface area contributed by atoms with Crippen molar-refractivity contribution in [3.05, 3.63) is 51.9 Å². The van der Waals surface area contributed by atoms with Crippen molar-refractivity contribution in [1.29, 1.82) is 0 Å². The first-order chi connectivity index (χ1) is 13.2. The van der Waals surface area contributed by atoms with Gasteiger partial charge in [0.15, 0.2) is 0 Å². The molecule has 0 radical (unpaired) electrons. The summed E-state index contributed by atoms with van der Waals surface area (Å²) in [7, 11) is 0. The van der Waals surface area contributed by atoms with Crippen LogP contribution in [0.2, 0.25) is 0 Å². The number of carbonyl (C=O) groups is 1. The Morgan fingerprint density at radius 2 is 1.89 bits per heavy atom. The van der Waals surface area contributed by atoms with Crippen LogP contribution in [0, 0.1) is 0 Å². The maximum absolute atomic E-state index is 12.5. The molecule has 2 N–H and O–H groups in total. The number of alkyl halides is 3. The molecule has 1 unspecified atom stereocenters. The molecular weight excluding hydrogens is 377 g/mol. The van der Waals surface area contributed by atoms with Gasteiger partial charge in [0.05, 0.1) is 6.04 Å². The molecule has 0 bridgehead atoms. The third kappa shape index (κ3) is 5.02.